The van der Waals surface area contributed by atoms with Gasteiger partial charge < -0.3 is 11.8 Å². The van der Waals surface area contributed by atoms with Crippen LogP contribution in [0.5, 0.6) is 0 Å². The van der Waals surface area contributed by atoms with E-state index in [2.05, 4.69) is 0 Å². The molecule has 0 aromatic heterocycles. The Bertz CT molecular complexity index is 94.4. The zero-order valence-corrected chi connectivity index (χ0v) is 4.05. The molecule has 0 aromatic carbocycles. The average Bonchev–Trinajstić information content (AvgIpc) is 1.75. The van der Waals surface area contributed by atoms with Gasteiger partial charge in [0.2, 0.25) is 0 Å². The summed E-state index contributed by atoms with van der Waals surface area (Å²) in [4.78, 5) is 0. The molecule has 2 nitrogen and oxygen atoms in total. The van der Waals surface area contributed by atoms with Crippen molar-refractivity contribution in [3.63, 3.8) is 0 Å². The second-order valence-electron chi connectivity index (χ2n) is 0.629. The highest BCUT2D eigenvalue weighted by molar-refractivity contribution is 4.99. The van der Waals surface area contributed by atoms with E-state index < -0.39 is 0 Å². The summed E-state index contributed by atoms with van der Waals surface area (Å²) >= 11 is 0. The van der Waals surface area contributed by atoms with Crippen molar-refractivity contribution in [2.75, 3.05) is 0 Å². The molecule has 7 heavy (non-hydrogen) atoms. The van der Waals surface area contributed by atoms with Gasteiger partial charge >= 0.3 is 0 Å². The summed E-state index contributed by atoms with van der Waals surface area (Å²) in [7, 11) is 0. The van der Waals surface area contributed by atoms with Crippen molar-refractivity contribution >= 4 is 0 Å². The molecule has 0 bridgehead atoms. The van der Waals surface area contributed by atoms with E-state index in [1.807, 2.05) is 13.0 Å². The highest BCUT2D eigenvalue weighted by Gasteiger charge is 1.45. The van der Waals surface area contributed by atoms with Crippen LogP contribution in [0, 0.1) is 23.2 Å². The molecule has 0 heterocycles. The fraction of sp³-hybridized carbons (Fsp3) is 0.200. The van der Waals surface area contributed by atoms with Crippen LogP contribution in [-0.2, 0) is 0 Å². The van der Waals surface area contributed by atoms with Gasteiger partial charge in [0.15, 0.2) is 0 Å². The highest BCUT2D eigenvalue weighted by Crippen LogP contribution is 1.58. The van der Waals surface area contributed by atoms with Crippen LogP contribution < -0.4 is 0 Å². The Morgan fingerprint density at radius 1 is 1.57 bits per heavy atom. The Kier molecular flexibility index (Phi) is 29.0. The van der Waals surface area contributed by atoms with Crippen LogP contribution in [-0.4, -0.2) is 0 Å². The van der Waals surface area contributed by atoms with Gasteiger partial charge in [0.1, 0.15) is 0 Å². The third-order valence-corrected chi connectivity index (χ3v) is 0.241. The van der Waals surface area contributed by atoms with Crippen molar-refractivity contribution in [1.82, 2.24) is 0 Å². The van der Waals surface area contributed by atoms with E-state index in [4.69, 9.17) is 17.1 Å². The van der Waals surface area contributed by atoms with Crippen LogP contribution in [0.15, 0.2) is 12.2 Å². The number of nitrogens with zero attached hydrogens (tertiary/aromatic N) is 2. The van der Waals surface area contributed by atoms with Crippen molar-refractivity contribution in [1.29, 1.82) is 10.5 Å². The molecule has 0 rings (SSSR count). The summed E-state index contributed by atoms with van der Waals surface area (Å²) in [6.45, 7) is 6.56. The van der Waals surface area contributed by atoms with Gasteiger partial charge in [-0.1, -0.05) is 6.08 Å². The lowest BCUT2D eigenvalue weighted by molar-refractivity contribution is 1.53. The number of hydrogen-bond acceptors (Lipinski definition) is 2. The van der Waals surface area contributed by atoms with Gasteiger partial charge in [0, 0.05) is 6.08 Å². The summed E-state index contributed by atoms with van der Waals surface area (Å²) in [6.07, 6.45) is 3.12. The first-order valence-electron chi connectivity index (χ1n) is 1.65. The lowest BCUT2D eigenvalue weighted by Crippen LogP contribution is -1.35. The number of rotatable bonds is 0. The topological polar surface area (TPSA) is 47.6 Å². The maximum absolute atomic E-state index is 7.73. The van der Waals surface area contributed by atoms with Crippen molar-refractivity contribution in [2.45, 2.75) is 6.92 Å². The minimum atomic E-state index is 1.43. The molecule has 0 aliphatic rings. The first-order valence-corrected chi connectivity index (χ1v) is 1.65. The van der Waals surface area contributed by atoms with E-state index >= 15 is 0 Å². The Morgan fingerprint density at radius 3 is 2.00 bits per heavy atom. The lowest BCUT2D eigenvalue weighted by Gasteiger charge is -1.47. The van der Waals surface area contributed by atoms with E-state index in [-0.39, 0.29) is 0 Å². The second kappa shape index (κ2) is 22.1. The van der Waals surface area contributed by atoms with Crippen LogP contribution >= 0.6 is 0 Å². The number of hydrogen-bond donors (Lipinski definition) is 0. The van der Waals surface area contributed by atoms with Gasteiger partial charge in [-0.15, -0.1) is 0 Å². The van der Waals surface area contributed by atoms with E-state index in [1.165, 1.54) is 6.08 Å². The first-order chi connectivity index (χ1) is 3.41. The quantitative estimate of drug-likeness (QED) is 0.333. The van der Waals surface area contributed by atoms with E-state index in [0.29, 0.717) is 0 Å². The molecule has 0 N–H and O–H groups in total. The minimum Gasteiger partial charge on any atom is -0.512 e. The maximum Gasteiger partial charge on any atom is 0.0908 e. The standard InChI is InChI=1S/C4H5N.CN/c1-2-3-4-5;1-2/h2-3H,1H3;/q;-1/b3-2+;. The van der Waals surface area contributed by atoms with E-state index in [0.717, 1.165) is 0 Å². The monoisotopic (exact) mass is 93.0 g/mol. The molecular weight excluding hydrogens is 88.1 g/mol. The van der Waals surface area contributed by atoms with Crippen molar-refractivity contribution in [3.8, 4) is 6.07 Å². The molecule has 0 aliphatic carbocycles. The molecule has 36 valence electrons. The smallest absolute Gasteiger partial charge is 0.0908 e. The molecule has 0 unspecified atom stereocenters. The first kappa shape index (κ1) is 9.21. The van der Waals surface area contributed by atoms with Crippen molar-refractivity contribution in [2.24, 2.45) is 0 Å². The molecule has 0 saturated heterocycles. The predicted molar refractivity (Wildman–Crippen MR) is 25.4 cm³/mol. The van der Waals surface area contributed by atoms with Gasteiger partial charge in [-0.25, -0.2) is 0 Å². The zero-order chi connectivity index (χ0) is 6.12. The molecule has 2 heteroatoms. The summed E-state index contributed by atoms with van der Waals surface area (Å²) < 4.78 is 0. The molecule has 0 amide bonds. The van der Waals surface area contributed by atoms with E-state index in [9.17, 15) is 0 Å². The van der Waals surface area contributed by atoms with Gasteiger partial charge in [0.05, 0.1) is 6.07 Å². The molecule has 0 aliphatic heterocycles. The van der Waals surface area contributed by atoms with Crippen molar-refractivity contribution < 1.29 is 0 Å². The molecule has 0 spiro atoms. The highest BCUT2D eigenvalue weighted by atomic mass is 14.2. The van der Waals surface area contributed by atoms with Gasteiger partial charge in [0.25, 0.3) is 0 Å². The molecule has 0 saturated carbocycles. The number of nitriles is 1. The van der Waals surface area contributed by atoms with Crippen LogP contribution in [0.25, 0.3) is 0 Å². The minimum absolute atomic E-state index is 1.43. The van der Waals surface area contributed by atoms with Gasteiger partial charge in [-0.05, 0) is 6.92 Å². The van der Waals surface area contributed by atoms with Crippen LogP contribution in [0.2, 0.25) is 0 Å². The predicted octanol–water partition coefficient (Wildman–Crippen LogP) is 1.18. The molecular formula is C5H5N2-. The van der Waals surface area contributed by atoms with Crippen LogP contribution in [0.1, 0.15) is 6.92 Å². The van der Waals surface area contributed by atoms with E-state index in [1.54, 1.807) is 6.08 Å². The Labute approximate surface area is 43.3 Å². The van der Waals surface area contributed by atoms with Gasteiger partial charge in [-0.3, -0.25) is 0 Å². The fourth-order valence-corrected chi connectivity index (χ4v) is 0.0745. The van der Waals surface area contributed by atoms with Crippen molar-refractivity contribution in [3.05, 3.63) is 18.7 Å². The Hall–Kier alpha value is -1.28. The summed E-state index contributed by atoms with van der Waals surface area (Å²) in [5, 5.41) is 14.0. The molecule has 0 fully saturated rings. The Balaban J connectivity index is 0. The third kappa shape index (κ3) is 67.4. The summed E-state index contributed by atoms with van der Waals surface area (Å²) in [5.41, 5.74) is 0. The second-order valence-corrected chi connectivity index (χ2v) is 0.629. The molecule has 0 aromatic rings. The Morgan fingerprint density at radius 2 is 2.00 bits per heavy atom. The normalized spacial score (nSPS) is 6.00. The SMILES string of the molecule is C/C=C/C#N.[C-]#N. The van der Waals surface area contributed by atoms with Crippen LogP contribution in [0.3, 0.4) is 0 Å². The summed E-state index contributed by atoms with van der Waals surface area (Å²) in [5.74, 6) is 0. The summed E-state index contributed by atoms with van der Waals surface area (Å²) in [6, 6.07) is 1.84. The fourth-order valence-electron chi connectivity index (χ4n) is 0.0745. The zero-order valence-electron chi connectivity index (χ0n) is 4.05. The third-order valence-electron chi connectivity index (χ3n) is 0.241. The maximum atomic E-state index is 7.73. The average molecular weight is 93.1 g/mol. The molecule has 0 atom stereocenters. The lowest BCUT2D eigenvalue weighted by atomic mass is 10.6. The number of allylic oxidation sites excluding steroid dienone is 2. The molecule has 0 radical (unpaired) electrons. The largest absolute Gasteiger partial charge is 0.512 e. The van der Waals surface area contributed by atoms with Crippen LogP contribution in [0.4, 0.5) is 0 Å². The van der Waals surface area contributed by atoms with Gasteiger partial charge in [-0.2, -0.15) is 5.26 Å².